The van der Waals surface area contributed by atoms with E-state index in [0.29, 0.717) is 23.6 Å². The summed E-state index contributed by atoms with van der Waals surface area (Å²) in [5, 5.41) is 3.22. The predicted molar refractivity (Wildman–Crippen MR) is 68.4 cm³/mol. The third kappa shape index (κ3) is 2.08. The van der Waals surface area contributed by atoms with E-state index in [9.17, 15) is 0 Å². The van der Waals surface area contributed by atoms with Crippen LogP contribution in [0.4, 0.5) is 5.95 Å². The van der Waals surface area contributed by atoms with E-state index < -0.39 is 0 Å². The minimum atomic E-state index is 0.0457. The molecule has 3 N–H and O–H groups in total. The summed E-state index contributed by atoms with van der Waals surface area (Å²) in [5.74, 6) is 1.80. The first-order valence-electron chi connectivity index (χ1n) is 6.33. The Morgan fingerprint density at radius 1 is 1.32 bits per heavy atom. The fraction of sp³-hybridized carbons (Fsp3) is 0.667. The molecular formula is C12H18N4O3. The normalized spacial score (nSPS) is 32.4. The van der Waals surface area contributed by atoms with Crippen molar-refractivity contribution in [2.75, 3.05) is 26.1 Å². The van der Waals surface area contributed by atoms with Gasteiger partial charge in [0.2, 0.25) is 17.7 Å². The number of hydrogen-bond donors (Lipinski definition) is 2. The Hall–Kier alpha value is -1.60. The second-order valence-electron chi connectivity index (χ2n) is 4.81. The average Bonchev–Trinajstić information content (AvgIpc) is 2.89. The number of fused-ring (bicyclic) bond motifs is 1. The standard InChI is InChI=1S/C12H18N4O3/c1-17-7-5-8(18-2)15-12(14-7)16-10-9(13)6-3-4-19-11(6)10/h5-6,9-11H,3-4,13H2,1-2H3,(H,14,15,16). The van der Waals surface area contributed by atoms with E-state index >= 15 is 0 Å². The van der Waals surface area contributed by atoms with Crippen LogP contribution in [0.3, 0.4) is 0 Å². The van der Waals surface area contributed by atoms with E-state index in [-0.39, 0.29) is 18.2 Å². The number of ether oxygens (including phenoxy) is 3. The van der Waals surface area contributed by atoms with Gasteiger partial charge in [0, 0.05) is 18.6 Å². The van der Waals surface area contributed by atoms with Crippen molar-refractivity contribution in [1.82, 2.24) is 9.97 Å². The Balaban J connectivity index is 1.76. The fourth-order valence-corrected chi connectivity index (χ4v) is 2.75. The largest absolute Gasteiger partial charge is 0.481 e. The van der Waals surface area contributed by atoms with Crippen LogP contribution in [0.25, 0.3) is 0 Å². The van der Waals surface area contributed by atoms with Gasteiger partial charge in [0.05, 0.1) is 32.4 Å². The molecule has 2 heterocycles. The van der Waals surface area contributed by atoms with Crippen molar-refractivity contribution in [3.05, 3.63) is 6.07 Å². The second-order valence-corrected chi connectivity index (χ2v) is 4.81. The lowest BCUT2D eigenvalue weighted by atomic mass is 9.72. The average molecular weight is 266 g/mol. The van der Waals surface area contributed by atoms with Crippen molar-refractivity contribution in [3.63, 3.8) is 0 Å². The molecule has 1 aliphatic carbocycles. The van der Waals surface area contributed by atoms with Gasteiger partial charge in [0.1, 0.15) is 0 Å². The van der Waals surface area contributed by atoms with Crippen molar-refractivity contribution in [2.45, 2.75) is 24.6 Å². The summed E-state index contributed by atoms with van der Waals surface area (Å²) < 4.78 is 15.9. The number of nitrogens with one attached hydrogen (secondary N) is 1. The summed E-state index contributed by atoms with van der Waals surface area (Å²) in [4.78, 5) is 8.47. The van der Waals surface area contributed by atoms with E-state index in [1.807, 2.05) is 0 Å². The number of rotatable bonds is 4. The van der Waals surface area contributed by atoms with Gasteiger partial charge in [-0.2, -0.15) is 9.97 Å². The van der Waals surface area contributed by atoms with Crippen LogP contribution >= 0.6 is 0 Å². The molecule has 0 amide bonds. The predicted octanol–water partition coefficient (Wildman–Crippen LogP) is 0.0203. The first kappa shape index (κ1) is 12.4. The van der Waals surface area contributed by atoms with E-state index in [1.54, 1.807) is 20.3 Å². The van der Waals surface area contributed by atoms with Gasteiger partial charge in [-0.15, -0.1) is 0 Å². The molecule has 0 aromatic carbocycles. The maximum absolute atomic E-state index is 6.14. The summed E-state index contributed by atoms with van der Waals surface area (Å²) in [6, 6.07) is 1.75. The van der Waals surface area contributed by atoms with Crippen LogP contribution in [-0.2, 0) is 4.74 Å². The van der Waals surface area contributed by atoms with E-state index in [4.69, 9.17) is 19.9 Å². The van der Waals surface area contributed by atoms with Gasteiger partial charge >= 0.3 is 0 Å². The summed E-state index contributed by atoms with van der Waals surface area (Å²) in [6.45, 7) is 0.781. The molecule has 0 spiro atoms. The Labute approximate surface area is 111 Å². The molecule has 19 heavy (non-hydrogen) atoms. The molecule has 4 unspecified atom stereocenters. The lowest BCUT2D eigenvalue weighted by molar-refractivity contribution is 0.00505. The molecule has 0 bridgehead atoms. The zero-order valence-corrected chi connectivity index (χ0v) is 11.0. The van der Waals surface area contributed by atoms with Crippen molar-refractivity contribution in [1.29, 1.82) is 0 Å². The molecule has 1 aromatic heterocycles. The van der Waals surface area contributed by atoms with Gasteiger partial charge in [-0.1, -0.05) is 0 Å². The highest BCUT2D eigenvalue weighted by Gasteiger charge is 2.52. The van der Waals surface area contributed by atoms with Crippen molar-refractivity contribution in [2.24, 2.45) is 11.7 Å². The highest BCUT2D eigenvalue weighted by atomic mass is 16.5. The van der Waals surface area contributed by atoms with Crippen molar-refractivity contribution in [3.8, 4) is 11.8 Å². The summed E-state index contributed by atoms with van der Waals surface area (Å²) in [7, 11) is 3.10. The van der Waals surface area contributed by atoms with Crippen LogP contribution in [0.1, 0.15) is 6.42 Å². The number of anilines is 1. The van der Waals surface area contributed by atoms with Crippen LogP contribution in [-0.4, -0.2) is 49.0 Å². The molecule has 4 atom stereocenters. The molecule has 1 aliphatic heterocycles. The van der Waals surface area contributed by atoms with E-state index in [1.165, 1.54) is 0 Å². The van der Waals surface area contributed by atoms with Gasteiger partial charge in [0.15, 0.2) is 0 Å². The SMILES string of the molecule is COc1cc(OC)nc(NC2C(N)C3CCOC32)n1. The molecule has 1 aromatic rings. The first-order valence-corrected chi connectivity index (χ1v) is 6.33. The van der Waals surface area contributed by atoms with Crippen molar-refractivity contribution < 1.29 is 14.2 Å². The minimum Gasteiger partial charge on any atom is -0.481 e. The summed E-state index contributed by atoms with van der Waals surface area (Å²) >= 11 is 0. The molecule has 1 saturated heterocycles. The smallest absolute Gasteiger partial charge is 0.229 e. The zero-order valence-electron chi connectivity index (χ0n) is 11.0. The molecular weight excluding hydrogens is 248 g/mol. The quantitative estimate of drug-likeness (QED) is 0.793. The van der Waals surface area contributed by atoms with Crippen LogP contribution in [0.5, 0.6) is 11.8 Å². The van der Waals surface area contributed by atoms with Gasteiger partial charge in [0.25, 0.3) is 0 Å². The summed E-state index contributed by atoms with van der Waals surface area (Å²) in [5.41, 5.74) is 6.14. The second kappa shape index (κ2) is 4.82. The van der Waals surface area contributed by atoms with Crippen LogP contribution in [0, 0.1) is 5.92 Å². The highest BCUT2D eigenvalue weighted by molar-refractivity contribution is 5.37. The number of methoxy groups -OCH3 is 2. The topological polar surface area (TPSA) is 91.5 Å². The molecule has 104 valence electrons. The third-order valence-corrected chi connectivity index (χ3v) is 3.84. The van der Waals surface area contributed by atoms with Crippen LogP contribution < -0.4 is 20.5 Å². The molecule has 2 fully saturated rings. The lowest BCUT2D eigenvalue weighted by Gasteiger charge is -2.45. The van der Waals surface area contributed by atoms with E-state index in [0.717, 1.165) is 13.0 Å². The van der Waals surface area contributed by atoms with Gasteiger partial charge < -0.3 is 25.3 Å². The van der Waals surface area contributed by atoms with Gasteiger partial charge in [-0.05, 0) is 6.42 Å². The summed E-state index contributed by atoms with van der Waals surface area (Å²) in [6.07, 6.45) is 1.20. The monoisotopic (exact) mass is 266 g/mol. The van der Waals surface area contributed by atoms with Crippen LogP contribution in [0.2, 0.25) is 0 Å². The van der Waals surface area contributed by atoms with Gasteiger partial charge in [-0.3, -0.25) is 0 Å². The Kier molecular flexibility index (Phi) is 3.16. The van der Waals surface area contributed by atoms with Gasteiger partial charge in [-0.25, -0.2) is 0 Å². The maximum Gasteiger partial charge on any atom is 0.229 e. The minimum absolute atomic E-state index is 0.0457. The molecule has 2 aliphatic rings. The Morgan fingerprint density at radius 3 is 2.63 bits per heavy atom. The molecule has 3 rings (SSSR count). The zero-order chi connectivity index (χ0) is 13.4. The fourth-order valence-electron chi connectivity index (χ4n) is 2.75. The number of nitrogens with two attached hydrogens (primary N) is 1. The molecule has 0 radical (unpaired) electrons. The third-order valence-electron chi connectivity index (χ3n) is 3.84. The number of nitrogens with zero attached hydrogens (tertiary/aromatic N) is 2. The van der Waals surface area contributed by atoms with Crippen LogP contribution in [0.15, 0.2) is 6.07 Å². The Bertz CT molecular complexity index is 448. The van der Waals surface area contributed by atoms with E-state index in [2.05, 4.69) is 15.3 Å². The Morgan fingerprint density at radius 2 is 2.00 bits per heavy atom. The molecule has 7 nitrogen and oxygen atoms in total. The maximum atomic E-state index is 6.14. The number of aromatic nitrogens is 2. The van der Waals surface area contributed by atoms with Crippen molar-refractivity contribution >= 4 is 5.95 Å². The molecule has 7 heteroatoms. The lowest BCUT2D eigenvalue weighted by Crippen LogP contribution is -2.65. The molecule has 1 saturated carbocycles. The highest BCUT2D eigenvalue weighted by Crippen LogP contribution is 2.39. The number of hydrogen-bond acceptors (Lipinski definition) is 7. The first-order chi connectivity index (χ1) is 9.22.